The number of nitrogens with two attached hydrogens (primary N) is 1. The summed E-state index contributed by atoms with van der Waals surface area (Å²) < 4.78 is 5.34. The summed E-state index contributed by atoms with van der Waals surface area (Å²) in [6.07, 6.45) is 7.99. The molecule has 6 heteroatoms. The summed E-state index contributed by atoms with van der Waals surface area (Å²) in [6.45, 7) is 7.02. The van der Waals surface area contributed by atoms with Gasteiger partial charge in [0.15, 0.2) is 0 Å². The first-order valence-corrected chi connectivity index (χ1v) is 12.0. The van der Waals surface area contributed by atoms with Gasteiger partial charge in [-0.25, -0.2) is 0 Å². The van der Waals surface area contributed by atoms with E-state index < -0.39 is 11.9 Å². The van der Waals surface area contributed by atoms with Crippen LogP contribution in [0.4, 0.5) is 5.69 Å². The summed E-state index contributed by atoms with van der Waals surface area (Å²) in [5, 5.41) is 8.74. The van der Waals surface area contributed by atoms with Gasteiger partial charge >= 0.3 is 5.97 Å². The smallest absolute Gasteiger partial charge is 0.307 e. The molecular formula is C27H38N2O4. The van der Waals surface area contributed by atoms with Crippen LogP contribution in [-0.2, 0) is 28.9 Å². The fraction of sp³-hybridized carbons (Fsp3) is 0.481. The van der Waals surface area contributed by atoms with Crippen molar-refractivity contribution in [1.82, 2.24) is 0 Å². The topological polar surface area (TPSA) is 92.9 Å². The molecule has 0 bridgehead atoms. The number of carbonyl (C=O) groups excluding carboxylic acids is 1. The number of amides is 1. The first kappa shape index (κ1) is 26.2. The number of benzene rings is 2. The number of aliphatic carboxylic acids is 1. The van der Waals surface area contributed by atoms with Crippen LogP contribution < -0.4 is 15.4 Å². The summed E-state index contributed by atoms with van der Waals surface area (Å²) in [5.41, 5.74) is 9.44. The van der Waals surface area contributed by atoms with E-state index in [1.54, 1.807) is 23.8 Å². The van der Waals surface area contributed by atoms with Gasteiger partial charge in [-0.1, -0.05) is 43.7 Å². The highest BCUT2D eigenvalue weighted by Crippen LogP contribution is 2.25. The lowest BCUT2D eigenvalue weighted by atomic mass is 10.0. The minimum Gasteiger partial charge on any atom is -0.494 e. The predicted molar refractivity (Wildman–Crippen MR) is 133 cm³/mol. The number of aryl methyl sites for hydroxylation is 1. The maximum atomic E-state index is 10.8. The molecule has 3 rings (SSSR count). The number of primary amides is 1. The van der Waals surface area contributed by atoms with Gasteiger partial charge in [-0.2, -0.15) is 0 Å². The van der Waals surface area contributed by atoms with Gasteiger partial charge in [0.1, 0.15) is 5.75 Å². The van der Waals surface area contributed by atoms with Crippen LogP contribution in [0.15, 0.2) is 42.5 Å². The Hall–Kier alpha value is -3.02. The number of piperidine rings is 1. The number of hydrogen-bond acceptors (Lipinski definition) is 4. The quantitative estimate of drug-likeness (QED) is 0.540. The maximum Gasteiger partial charge on any atom is 0.307 e. The van der Waals surface area contributed by atoms with E-state index in [1.807, 2.05) is 6.92 Å². The third kappa shape index (κ3) is 9.16. The molecule has 0 radical (unpaired) electrons. The summed E-state index contributed by atoms with van der Waals surface area (Å²) >= 11 is 0. The second-order valence-corrected chi connectivity index (χ2v) is 8.37. The minimum absolute atomic E-state index is 0.105. The van der Waals surface area contributed by atoms with Crippen molar-refractivity contribution < 1.29 is 19.4 Å². The molecule has 180 valence electrons. The zero-order valence-electron chi connectivity index (χ0n) is 20.0. The van der Waals surface area contributed by atoms with Crippen molar-refractivity contribution in [2.24, 2.45) is 5.73 Å². The number of para-hydroxylation sites is 1. The Kier molecular flexibility index (Phi) is 11.3. The second kappa shape index (κ2) is 14.2. The van der Waals surface area contributed by atoms with Crippen molar-refractivity contribution in [1.29, 1.82) is 0 Å². The molecule has 2 aromatic rings. The molecular weight excluding hydrogens is 416 g/mol. The zero-order valence-corrected chi connectivity index (χ0v) is 20.0. The fourth-order valence-electron chi connectivity index (χ4n) is 4.04. The SMILES string of the molecule is CCCCc1ccccc1N1CCCCC1.CCOc1cc(CC(N)=O)ccc1CC(=O)O. The Morgan fingerprint density at radius 2 is 1.73 bits per heavy atom. The molecule has 0 aliphatic carbocycles. The van der Waals surface area contributed by atoms with Crippen LogP contribution in [-0.4, -0.2) is 36.7 Å². The van der Waals surface area contributed by atoms with Crippen molar-refractivity contribution >= 4 is 17.6 Å². The number of carbonyl (C=O) groups is 2. The minimum atomic E-state index is -0.923. The van der Waals surface area contributed by atoms with Gasteiger partial charge in [0.2, 0.25) is 5.91 Å². The third-order valence-corrected chi connectivity index (χ3v) is 5.64. The van der Waals surface area contributed by atoms with Crippen LogP contribution in [0.5, 0.6) is 5.75 Å². The summed E-state index contributed by atoms with van der Waals surface area (Å²) in [7, 11) is 0. The lowest BCUT2D eigenvalue weighted by Gasteiger charge is -2.30. The highest BCUT2D eigenvalue weighted by Gasteiger charge is 2.13. The van der Waals surface area contributed by atoms with Gasteiger partial charge in [-0.3, -0.25) is 9.59 Å². The largest absolute Gasteiger partial charge is 0.494 e. The van der Waals surface area contributed by atoms with Gasteiger partial charge in [0.25, 0.3) is 0 Å². The van der Waals surface area contributed by atoms with E-state index in [-0.39, 0.29) is 12.8 Å². The van der Waals surface area contributed by atoms with Crippen LogP contribution in [0.1, 0.15) is 62.6 Å². The van der Waals surface area contributed by atoms with Crippen LogP contribution in [0.25, 0.3) is 0 Å². The Morgan fingerprint density at radius 3 is 2.36 bits per heavy atom. The van der Waals surface area contributed by atoms with E-state index in [2.05, 4.69) is 36.1 Å². The molecule has 0 aromatic heterocycles. The van der Waals surface area contributed by atoms with Gasteiger partial charge < -0.3 is 20.5 Å². The monoisotopic (exact) mass is 454 g/mol. The molecule has 6 nitrogen and oxygen atoms in total. The average molecular weight is 455 g/mol. The number of nitrogens with zero attached hydrogens (tertiary/aromatic N) is 1. The first-order valence-electron chi connectivity index (χ1n) is 12.0. The van der Waals surface area contributed by atoms with Crippen molar-refractivity contribution in [3.63, 3.8) is 0 Å². The number of carboxylic acids is 1. The van der Waals surface area contributed by atoms with Crippen molar-refractivity contribution in [3.05, 3.63) is 59.2 Å². The number of hydrogen-bond donors (Lipinski definition) is 2. The van der Waals surface area contributed by atoms with Crippen molar-refractivity contribution in [2.75, 3.05) is 24.6 Å². The lowest BCUT2D eigenvalue weighted by Crippen LogP contribution is -2.30. The molecule has 1 aliphatic heterocycles. The van der Waals surface area contributed by atoms with E-state index in [4.69, 9.17) is 15.6 Å². The summed E-state index contributed by atoms with van der Waals surface area (Å²) in [6, 6.07) is 14.0. The van der Waals surface area contributed by atoms with Crippen LogP contribution in [0.2, 0.25) is 0 Å². The molecule has 1 aliphatic rings. The highest BCUT2D eigenvalue weighted by atomic mass is 16.5. The van der Waals surface area contributed by atoms with E-state index in [0.29, 0.717) is 17.9 Å². The van der Waals surface area contributed by atoms with Crippen LogP contribution in [0.3, 0.4) is 0 Å². The van der Waals surface area contributed by atoms with E-state index in [9.17, 15) is 9.59 Å². The van der Waals surface area contributed by atoms with Gasteiger partial charge in [0, 0.05) is 24.3 Å². The number of carboxylic acid groups (broad SMARTS) is 1. The molecule has 33 heavy (non-hydrogen) atoms. The summed E-state index contributed by atoms with van der Waals surface area (Å²) in [4.78, 5) is 24.0. The molecule has 1 heterocycles. The third-order valence-electron chi connectivity index (χ3n) is 5.64. The van der Waals surface area contributed by atoms with Crippen molar-refractivity contribution in [2.45, 2.75) is 65.2 Å². The van der Waals surface area contributed by atoms with E-state index in [1.165, 1.54) is 57.3 Å². The molecule has 1 saturated heterocycles. The Bertz CT molecular complexity index is 891. The Balaban J connectivity index is 0.000000234. The molecule has 0 saturated carbocycles. The first-order chi connectivity index (χ1) is 15.9. The zero-order chi connectivity index (χ0) is 24.1. The van der Waals surface area contributed by atoms with E-state index >= 15 is 0 Å². The van der Waals surface area contributed by atoms with Gasteiger partial charge in [-0.15, -0.1) is 0 Å². The molecule has 1 fully saturated rings. The Morgan fingerprint density at radius 1 is 1.00 bits per heavy atom. The van der Waals surface area contributed by atoms with Gasteiger partial charge in [0.05, 0.1) is 19.4 Å². The van der Waals surface area contributed by atoms with Gasteiger partial charge in [-0.05, 0) is 62.3 Å². The summed E-state index contributed by atoms with van der Waals surface area (Å²) in [5.74, 6) is -0.860. The van der Waals surface area contributed by atoms with E-state index in [0.717, 1.165) is 5.56 Å². The maximum absolute atomic E-state index is 10.8. The number of rotatable bonds is 10. The van der Waals surface area contributed by atoms with Crippen molar-refractivity contribution in [3.8, 4) is 5.75 Å². The number of unbranched alkanes of at least 4 members (excludes halogenated alkanes) is 1. The average Bonchev–Trinajstić information content (AvgIpc) is 2.80. The Labute approximate surface area is 197 Å². The standard InChI is InChI=1S/C15H23N.C12H15NO4/c1-2-3-9-14-10-5-6-11-15(14)16-12-7-4-8-13-16;1-2-17-10-5-8(6-11(13)14)3-4-9(10)7-12(15)16/h5-6,10-11H,2-4,7-9,12-13H2,1H3;3-5H,2,6-7H2,1H3,(H2,13,14)(H,15,16). The van der Waals surface area contributed by atoms with Crippen LogP contribution in [0, 0.1) is 0 Å². The molecule has 2 aromatic carbocycles. The molecule has 3 N–H and O–H groups in total. The second-order valence-electron chi connectivity index (χ2n) is 8.37. The molecule has 0 atom stereocenters. The number of ether oxygens (including phenoxy) is 1. The molecule has 0 spiro atoms. The highest BCUT2D eigenvalue weighted by molar-refractivity contribution is 5.77. The number of anilines is 1. The normalized spacial score (nSPS) is 13.1. The lowest BCUT2D eigenvalue weighted by molar-refractivity contribution is -0.136. The van der Waals surface area contributed by atoms with Crippen LogP contribution >= 0.6 is 0 Å². The molecule has 1 amide bonds. The molecule has 0 unspecified atom stereocenters. The predicted octanol–water partition coefficient (Wildman–Crippen LogP) is 4.76. The fourth-order valence-corrected chi connectivity index (χ4v) is 4.04.